The van der Waals surface area contributed by atoms with E-state index < -0.39 is 29.9 Å². The Bertz CT molecular complexity index is 440. The lowest BCUT2D eigenvalue weighted by Crippen LogP contribution is -2.20. The minimum absolute atomic E-state index is 0.275. The minimum Gasteiger partial charge on any atom is -0.496 e. The number of aromatic nitrogens is 1. The van der Waals surface area contributed by atoms with Gasteiger partial charge in [-0.3, -0.25) is 0 Å². The van der Waals surface area contributed by atoms with Crippen molar-refractivity contribution in [3.8, 4) is 11.6 Å². The summed E-state index contributed by atoms with van der Waals surface area (Å²) in [6.07, 6.45) is -10.0. The first-order chi connectivity index (χ1) is 8.04. The van der Waals surface area contributed by atoms with E-state index in [9.17, 15) is 26.3 Å². The van der Waals surface area contributed by atoms with Gasteiger partial charge in [0.1, 0.15) is 5.75 Å². The molecule has 0 spiro atoms. The second-order valence-corrected chi connectivity index (χ2v) is 3.19. The zero-order valence-corrected chi connectivity index (χ0v) is 9.11. The van der Waals surface area contributed by atoms with Crippen LogP contribution in [0.1, 0.15) is 11.3 Å². The van der Waals surface area contributed by atoms with Gasteiger partial charge in [0.15, 0.2) is 5.69 Å². The van der Waals surface area contributed by atoms with Crippen LogP contribution in [-0.2, 0) is 6.18 Å². The van der Waals surface area contributed by atoms with Gasteiger partial charge < -0.3 is 9.47 Å². The SMILES string of the molecule is COc1cc(C(F)(F)F)nc(OC(F)(F)F)c1C. The molecule has 0 bridgehead atoms. The predicted octanol–water partition coefficient (Wildman–Crippen LogP) is 3.32. The van der Waals surface area contributed by atoms with E-state index in [1.54, 1.807) is 0 Å². The molecule has 0 aliphatic carbocycles. The van der Waals surface area contributed by atoms with Gasteiger partial charge in [-0.05, 0) is 6.92 Å². The Morgan fingerprint density at radius 1 is 1.11 bits per heavy atom. The first kappa shape index (κ1) is 14.4. The molecule has 1 rings (SSSR count). The summed E-state index contributed by atoms with van der Waals surface area (Å²) >= 11 is 0. The second-order valence-electron chi connectivity index (χ2n) is 3.19. The number of hydrogen-bond acceptors (Lipinski definition) is 3. The van der Waals surface area contributed by atoms with Crippen molar-refractivity contribution in [2.24, 2.45) is 0 Å². The van der Waals surface area contributed by atoms with Gasteiger partial charge in [0.05, 0.1) is 12.7 Å². The summed E-state index contributed by atoms with van der Waals surface area (Å²) in [5, 5.41) is 0. The molecule has 1 aromatic heterocycles. The number of halogens is 6. The lowest BCUT2D eigenvalue weighted by atomic mass is 10.2. The molecule has 0 amide bonds. The maximum absolute atomic E-state index is 12.4. The highest BCUT2D eigenvalue weighted by molar-refractivity contribution is 5.41. The minimum atomic E-state index is -5.13. The zero-order chi connectivity index (χ0) is 14.1. The third kappa shape index (κ3) is 3.41. The van der Waals surface area contributed by atoms with Crippen LogP contribution in [-0.4, -0.2) is 18.5 Å². The van der Waals surface area contributed by atoms with Crippen LogP contribution in [0.3, 0.4) is 0 Å². The zero-order valence-electron chi connectivity index (χ0n) is 9.11. The van der Waals surface area contributed by atoms with Crippen molar-refractivity contribution in [1.82, 2.24) is 4.98 Å². The Kier molecular flexibility index (Phi) is 3.63. The molecule has 18 heavy (non-hydrogen) atoms. The van der Waals surface area contributed by atoms with Crippen molar-refractivity contribution in [3.63, 3.8) is 0 Å². The van der Waals surface area contributed by atoms with Gasteiger partial charge in [0, 0.05) is 6.07 Å². The Labute approximate surface area is 97.3 Å². The third-order valence-electron chi connectivity index (χ3n) is 1.90. The first-order valence-electron chi connectivity index (χ1n) is 4.43. The van der Waals surface area contributed by atoms with Gasteiger partial charge in [-0.25, -0.2) is 4.98 Å². The molecule has 102 valence electrons. The highest BCUT2D eigenvalue weighted by Crippen LogP contribution is 2.36. The monoisotopic (exact) mass is 275 g/mol. The fraction of sp³-hybridized carbons (Fsp3) is 0.444. The van der Waals surface area contributed by atoms with Crippen LogP contribution in [0.25, 0.3) is 0 Å². The number of methoxy groups -OCH3 is 1. The van der Waals surface area contributed by atoms with E-state index >= 15 is 0 Å². The maximum atomic E-state index is 12.4. The number of nitrogens with zero attached hydrogens (tertiary/aromatic N) is 1. The Balaban J connectivity index is 3.32. The van der Waals surface area contributed by atoms with Crippen molar-refractivity contribution >= 4 is 0 Å². The maximum Gasteiger partial charge on any atom is 0.574 e. The van der Waals surface area contributed by atoms with E-state index in [0.717, 1.165) is 14.0 Å². The molecule has 0 aromatic carbocycles. The van der Waals surface area contributed by atoms with E-state index in [4.69, 9.17) is 0 Å². The van der Waals surface area contributed by atoms with Gasteiger partial charge in [-0.1, -0.05) is 0 Å². The van der Waals surface area contributed by atoms with Gasteiger partial charge in [0.2, 0.25) is 5.88 Å². The Morgan fingerprint density at radius 3 is 2.06 bits per heavy atom. The predicted molar refractivity (Wildman–Crippen MR) is 47.2 cm³/mol. The van der Waals surface area contributed by atoms with Crippen LogP contribution in [0.4, 0.5) is 26.3 Å². The second kappa shape index (κ2) is 4.54. The normalized spacial score (nSPS) is 12.4. The summed E-state index contributed by atoms with van der Waals surface area (Å²) < 4.78 is 81.2. The van der Waals surface area contributed by atoms with Gasteiger partial charge in [-0.2, -0.15) is 13.2 Å². The summed E-state index contributed by atoms with van der Waals surface area (Å²) in [6, 6.07) is 0.499. The number of ether oxygens (including phenoxy) is 2. The fourth-order valence-corrected chi connectivity index (χ4v) is 1.13. The molecular weight excluding hydrogens is 268 g/mol. The molecule has 0 radical (unpaired) electrons. The summed E-state index contributed by atoms with van der Waals surface area (Å²) in [6.45, 7) is 1.10. The van der Waals surface area contributed by atoms with Crippen LogP contribution in [0, 0.1) is 6.92 Å². The standard InChI is InChI=1S/C9H7F6NO2/c1-4-5(17-2)3-6(8(10,11)12)16-7(4)18-9(13,14)15/h3H,1-2H3. The van der Waals surface area contributed by atoms with Crippen molar-refractivity contribution < 1.29 is 35.8 Å². The van der Waals surface area contributed by atoms with E-state index in [1.165, 1.54) is 0 Å². The molecule has 0 atom stereocenters. The molecule has 0 saturated carbocycles. The smallest absolute Gasteiger partial charge is 0.496 e. The number of alkyl halides is 6. The largest absolute Gasteiger partial charge is 0.574 e. The van der Waals surface area contributed by atoms with E-state index in [1.807, 2.05) is 0 Å². The highest BCUT2D eigenvalue weighted by Gasteiger charge is 2.37. The van der Waals surface area contributed by atoms with Crippen molar-refractivity contribution in [2.45, 2.75) is 19.5 Å². The average molecular weight is 275 g/mol. The van der Waals surface area contributed by atoms with Gasteiger partial charge in [0.25, 0.3) is 0 Å². The molecule has 3 nitrogen and oxygen atoms in total. The molecule has 0 fully saturated rings. The van der Waals surface area contributed by atoms with Crippen LogP contribution < -0.4 is 9.47 Å². The lowest BCUT2D eigenvalue weighted by molar-refractivity contribution is -0.276. The van der Waals surface area contributed by atoms with Crippen LogP contribution in [0.15, 0.2) is 6.07 Å². The van der Waals surface area contributed by atoms with E-state index in [0.29, 0.717) is 6.07 Å². The third-order valence-corrected chi connectivity index (χ3v) is 1.90. The number of hydrogen-bond donors (Lipinski definition) is 0. The van der Waals surface area contributed by atoms with Crippen LogP contribution >= 0.6 is 0 Å². The number of rotatable bonds is 2. The van der Waals surface area contributed by atoms with Crippen molar-refractivity contribution in [3.05, 3.63) is 17.3 Å². The summed E-state index contributed by atoms with van der Waals surface area (Å²) in [5.74, 6) is -1.58. The quantitative estimate of drug-likeness (QED) is 0.776. The molecule has 1 aromatic rings. The van der Waals surface area contributed by atoms with Crippen molar-refractivity contribution in [2.75, 3.05) is 7.11 Å². The van der Waals surface area contributed by atoms with E-state index in [-0.39, 0.29) is 5.56 Å². The molecule has 0 aliphatic rings. The number of pyridine rings is 1. The summed E-state index contributed by atoms with van der Waals surface area (Å²) in [4.78, 5) is 2.79. The molecule has 0 aliphatic heterocycles. The molecule has 0 saturated heterocycles. The van der Waals surface area contributed by atoms with Crippen molar-refractivity contribution in [1.29, 1.82) is 0 Å². The lowest BCUT2D eigenvalue weighted by Gasteiger charge is -2.15. The highest BCUT2D eigenvalue weighted by atomic mass is 19.4. The molecule has 0 unspecified atom stereocenters. The Morgan fingerprint density at radius 2 is 1.67 bits per heavy atom. The van der Waals surface area contributed by atoms with Gasteiger partial charge >= 0.3 is 12.5 Å². The van der Waals surface area contributed by atoms with Gasteiger partial charge in [-0.15, -0.1) is 13.2 Å². The fourth-order valence-electron chi connectivity index (χ4n) is 1.13. The van der Waals surface area contributed by atoms with Crippen LogP contribution in [0.5, 0.6) is 11.6 Å². The summed E-state index contributed by atoms with van der Waals surface area (Å²) in [7, 11) is 1.03. The Hall–Kier alpha value is -1.67. The summed E-state index contributed by atoms with van der Waals surface area (Å²) in [5.41, 5.74) is -1.80. The average Bonchev–Trinajstić information content (AvgIpc) is 2.17. The first-order valence-corrected chi connectivity index (χ1v) is 4.43. The van der Waals surface area contributed by atoms with Crippen LogP contribution in [0.2, 0.25) is 0 Å². The van der Waals surface area contributed by atoms with E-state index in [2.05, 4.69) is 14.5 Å². The molecule has 9 heteroatoms. The molecular formula is C9H7F6NO2. The molecule has 1 heterocycles. The molecule has 0 N–H and O–H groups in total. The topological polar surface area (TPSA) is 31.4 Å².